The molecule has 1 fully saturated rings. The van der Waals surface area contributed by atoms with E-state index in [2.05, 4.69) is 15.5 Å². The van der Waals surface area contributed by atoms with E-state index in [0.29, 0.717) is 24.7 Å². The summed E-state index contributed by atoms with van der Waals surface area (Å²) < 4.78 is 5.03. The number of piperazine rings is 1. The fourth-order valence-electron chi connectivity index (χ4n) is 2.51. The molecule has 6 heteroatoms. The fourth-order valence-corrected chi connectivity index (χ4v) is 2.81. The predicted molar refractivity (Wildman–Crippen MR) is 84.9 cm³/mol. The summed E-state index contributed by atoms with van der Waals surface area (Å²) in [5.41, 5.74) is 2.05. The first-order valence-electron chi connectivity index (χ1n) is 7.16. The highest BCUT2D eigenvalue weighted by atomic mass is 35.5. The van der Waals surface area contributed by atoms with Gasteiger partial charge in [0.05, 0.1) is 17.3 Å². The Kier molecular flexibility index (Phi) is 5.85. The topological polar surface area (TPSA) is 53.6 Å². The van der Waals surface area contributed by atoms with E-state index in [-0.39, 0.29) is 11.9 Å². The summed E-state index contributed by atoms with van der Waals surface area (Å²) in [7, 11) is 1.68. The van der Waals surface area contributed by atoms with Crippen LogP contribution in [-0.2, 0) is 16.1 Å². The molecule has 1 saturated heterocycles. The molecule has 2 rings (SSSR count). The van der Waals surface area contributed by atoms with Gasteiger partial charge in [0.1, 0.15) is 6.04 Å². The Morgan fingerprint density at radius 1 is 1.52 bits per heavy atom. The van der Waals surface area contributed by atoms with Gasteiger partial charge in [-0.15, -0.1) is 0 Å². The number of methoxy groups -OCH3 is 1. The lowest BCUT2D eigenvalue weighted by molar-refractivity contribution is -0.122. The van der Waals surface area contributed by atoms with Crippen molar-refractivity contribution in [3.63, 3.8) is 0 Å². The van der Waals surface area contributed by atoms with E-state index in [1.807, 2.05) is 25.1 Å². The van der Waals surface area contributed by atoms with Crippen LogP contribution in [0, 0.1) is 0 Å². The number of carbonyl (C=O) groups excluding carboxylic acids is 1. The zero-order valence-corrected chi connectivity index (χ0v) is 13.2. The van der Waals surface area contributed by atoms with Crippen LogP contribution in [0.5, 0.6) is 0 Å². The number of anilines is 1. The number of benzene rings is 1. The van der Waals surface area contributed by atoms with E-state index >= 15 is 0 Å². The lowest BCUT2D eigenvalue weighted by atomic mass is 10.1. The third-order valence-electron chi connectivity index (χ3n) is 3.65. The van der Waals surface area contributed by atoms with Crippen molar-refractivity contribution in [1.82, 2.24) is 10.6 Å². The molecule has 1 aliphatic heterocycles. The molecule has 1 unspecified atom stereocenters. The van der Waals surface area contributed by atoms with Crippen LogP contribution >= 0.6 is 11.6 Å². The smallest absolute Gasteiger partial charge is 0.242 e. The summed E-state index contributed by atoms with van der Waals surface area (Å²) in [4.78, 5) is 13.9. The molecular formula is C15H22ClN3O2. The van der Waals surface area contributed by atoms with E-state index < -0.39 is 0 Å². The highest BCUT2D eigenvalue weighted by molar-refractivity contribution is 6.33. The first-order valence-corrected chi connectivity index (χ1v) is 7.54. The quantitative estimate of drug-likeness (QED) is 0.780. The second kappa shape index (κ2) is 7.64. The van der Waals surface area contributed by atoms with Gasteiger partial charge < -0.3 is 20.3 Å². The Bertz CT molecular complexity index is 496. The Hall–Kier alpha value is -1.30. The summed E-state index contributed by atoms with van der Waals surface area (Å²) in [6.45, 7) is 5.45. The van der Waals surface area contributed by atoms with Gasteiger partial charge in [0, 0.05) is 33.3 Å². The maximum atomic E-state index is 11.9. The first kappa shape index (κ1) is 16.1. The summed E-state index contributed by atoms with van der Waals surface area (Å²) in [6, 6.07) is 5.64. The molecule has 116 valence electrons. The predicted octanol–water partition coefficient (Wildman–Crippen LogP) is 1.40. The van der Waals surface area contributed by atoms with Crippen LogP contribution in [0.2, 0.25) is 5.02 Å². The largest absolute Gasteiger partial charge is 0.383 e. The van der Waals surface area contributed by atoms with Gasteiger partial charge in [-0.1, -0.05) is 23.7 Å². The van der Waals surface area contributed by atoms with E-state index in [0.717, 1.165) is 24.3 Å². The third-order valence-corrected chi connectivity index (χ3v) is 3.96. The summed E-state index contributed by atoms with van der Waals surface area (Å²) in [5.74, 6) is 0.0412. The van der Waals surface area contributed by atoms with Crippen molar-refractivity contribution >= 4 is 23.2 Å². The molecule has 0 bridgehead atoms. The van der Waals surface area contributed by atoms with Gasteiger partial charge in [0.25, 0.3) is 0 Å². The number of ether oxygens (including phenoxy) is 1. The number of carbonyl (C=O) groups is 1. The Balaban J connectivity index is 2.18. The Labute approximate surface area is 130 Å². The Morgan fingerprint density at radius 3 is 3.10 bits per heavy atom. The molecule has 1 aromatic carbocycles. The monoisotopic (exact) mass is 311 g/mol. The molecule has 0 spiro atoms. The number of halogens is 1. The summed E-state index contributed by atoms with van der Waals surface area (Å²) in [6.07, 6.45) is 0. The van der Waals surface area contributed by atoms with Gasteiger partial charge in [-0.3, -0.25) is 4.79 Å². The maximum Gasteiger partial charge on any atom is 0.242 e. The second-order valence-electron chi connectivity index (χ2n) is 5.08. The minimum Gasteiger partial charge on any atom is -0.383 e. The number of rotatable bonds is 6. The third kappa shape index (κ3) is 3.87. The zero-order valence-electron chi connectivity index (χ0n) is 12.5. The lowest BCUT2D eigenvalue weighted by Gasteiger charge is -2.36. The van der Waals surface area contributed by atoms with E-state index in [9.17, 15) is 4.79 Å². The molecule has 0 aromatic heterocycles. The van der Waals surface area contributed by atoms with Gasteiger partial charge in [0.2, 0.25) is 5.91 Å². The molecule has 1 aliphatic rings. The second-order valence-corrected chi connectivity index (χ2v) is 5.48. The van der Waals surface area contributed by atoms with Crippen molar-refractivity contribution in [1.29, 1.82) is 0 Å². The highest BCUT2D eigenvalue weighted by Gasteiger charge is 2.28. The average molecular weight is 312 g/mol. The molecule has 1 heterocycles. The van der Waals surface area contributed by atoms with Crippen molar-refractivity contribution < 1.29 is 9.53 Å². The normalized spacial score (nSPS) is 18.7. The molecule has 0 radical (unpaired) electrons. The number of nitrogens with one attached hydrogen (secondary N) is 2. The van der Waals surface area contributed by atoms with E-state index in [1.54, 1.807) is 7.11 Å². The number of hydrogen-bond donors (Lipinski definition) is 2. The molecule has 21 heavy (non-hydrogen) atoms. The SMILES string of the molecule is COCCNCc1cccc(Cl)c1N1CCNC(=O)C1C. The van der Waals surface area contributed by atoms with Gasteiger partial charge in [-0.05, 0) is 18.6 Å². The molecule has 1 aromatic rings. The van der Waals surface area contributed by atoms with Gasteiger partial charge in [-0.25, -0.2) is 0 Å². The molecule has 5 nitrogen and oxygen atoms in total. The molecule has 2 N–H and O–H groups in total. The van der Waals surface area contributed by atoms with Crippen molar-refractivity contribution in [3.05, 3.63) is 28.8 Å². The van der Waals surface area contributed by atoms with Gasteiger partial charge in [-0.2, -0.15) is 0 Å². The van der Waals surface area contributed by atoms with Crippen LogP contribution in [0.15, 0.2) is 18.2 Å². The average Bonchev–Trinajstić information content (AvgIpc) is 2.47. The summed E-state index contributed by atoms with van der Waals surface area (Å²) >= 11 is 6.39. The minimum atomic E-state index is -0.212. The number of hydrogen-bond acceptors (Lipinski definition) is 4. The fraction of sp³-hybridized carbons (Fsp3) is 0.533. The van der Waals surface area contributed by atoms with Crippen molar-refractivity contribution in [2.24, 2.45) is 0 Å². The number of amides is 1. The van der Waals surface area contributed by atoms with Crippen LogP contribution in [0.1, 0.15) is 12.5 Å². The Morgan fingerprint density at radius 2 is 2.33 bits per heavy atom. The molecule has 1 amide bonds. The number of para-hydroxylation sites is 1. The maximum absolute atomic E-state index is 11.9. The van der Waals surface area contributed by atoms with Crippen LogP contribution < -0.4 is 15.5 Å². The standard InChI is InChI=1S/C15H22ClN3O2/c1-11-15(20)18-6-8-19(11)14-12(4-3-5-13(14)16)10-17-7-9-21-2/h3-5,11,17H,6-10H2,1-2H3,(H,18,20). The van der Waals surface area contributed by atoms with Crippen molar-refractivity contribution in [2.45, 2.75) is 19.5 Å². The summed E-state index contributed by atoms with van der Waals surface area (Å²) in [5, 5.41) is 6.88. The molecular weight excluding hydrogens is 290 g/mol. The van der Waals surface area contributed by atoms with E-state index in [4.69, 9.17) is 16.3 Å². The van der Waals surface area contributed by atoms with Crippen molar-refractivity contribution in [3.8, 4) is 0 Å². The van der Waals surface area contributed by atoms with Crippen LogP contribution in [0.4, 0.5) is 5.69 Å². The molecule has 0 saturated carbocycles. The van der Waals surface area contributed by atoms with Crippen LogP contribution in [0.3, 0.4) is 0 Å². The zero-order chi connectivity index (χ0) is 15.2. The minimum absolute atomic E-state index is 0.0412. The highest BCUT2D eigenvalue weighted by Crippen LogP contribution is 2.32. The molecule has 0 aliphatic carbocycles. The van der Waals surface area contributed by atoms with Gasteiger partial charge in [0.15, 0.2) is 0 Å². The first-order chi connectivity index (χ1) is 10.1. The van der Waals surface area contributed by atoms with Gasteiger partial charge >= 0.3 is 0 Å². The van der Waals surface area contributed by atoms with Crippen molar-refractivity contribution in [2.75, 3.05) is 38.3 Å². The van der Waals surface area contributed by atoms with Crippen LogP contribution in [-0.4, -0.2) is 45.3 Å². The molecule has 1 atom stereocenters. The lowest BCUT2D eigenvalue weighted by Crippen LogP contribution is -2.54. The van der Waals surface area contributed by atoms with E-state index in [1.165, 1.54) is 0 Å². The number of nitrogens with zero attached hydrogens (tertiary/aromatic N) is 1. The van der Waals surface area contributed by atoms with Crippen LogP contribution in [0.25, 0.3) is 0 Å².